The van der Waals surface area contributed by atoms with Gasteiger partial charge in [0.2, 0.25) is 5.82 Å². The summed E-state index contributed by atoms with van der Waals surface area (Å²) in [5, 5.41) is 11.1. The Labute approximate surface area is 199 Å². The van der Waals surface area contributed by atoms with Crippen molar-refractivity contribution in [2.45, 2.75) is 11.2 Å². The van der Waals surface area contributed by atoms with E-state index in [0.29, 0.717) is 6.07 Å². The highest BCUT2D eigenvalue weighted by Crippen LogP contribution is 2.36. The Morgan fingerprint density at radius 2 is 1.91 bits per heavy atom. The van der Waals surface area contributed by atoms with Crippen molar-refractivity contribution in [3.63, 3.8) is 0 Å². The van der Waals surface area contributed by atoms with E-state index in [2.05, 4.69) is 20.3 Å². The zero-order valence-electron chi connectivity index (χ0n) is 16.6. The van der Waals surface area contributed by atoms with Crippen LogP contribution in [0.15, 0.2) is 34.0 Å². The van der Waals surface area contributed by atoms with Gasteiger partial charge in [-0.2, -0.15) is 13.2 Å². The third-order valence-electron chi connectivity index (χ3n) is 4.53. The van der Waals surface area contributed by atoms with Crippen LogP contribution in [0.5, 0.6) is 0 Å². The highest BCUT2D eigenvalue weighted by molar-refractivity contribution is 7.90. The molecule has 0 atom stereocenters. The monoisotopic (exact) mass is 541 g/mol. The fourth-order valence-electron chi connectivity index (χ4n) is 3.03. The number of rotatable bonds is 5. The summed E-state index contributed by atoms with van der Waals surface area (Å²) in [6, 6.07) is 2.02. The first-order valence-electron chi connectivity index (χ1n) is 9.19. The molecule has 0 N–H and O–H groups in total. The molecule has 0 unspecified atom stereocenters. The predicted octanol–water partition coefficient (Wildman–Crippen LogP) is 2.11. The molecule has 1 aliphatic rings. The quantitative estimate of drug-likeness (QED) is 0.351. The molecule has 4 rings (SSSR count). The molecule has 18 heteroatoms. The summed E-state index contributed by atoms with van der Waals surface area (Å²) in [7, 11) is -5.43. The number of halogens is 5. The van der Waals surface area contributed by atoms with Crippen molar-refractivity contribution in [1.29, 1.82) is 0 Å². The lowest BCUT2D eigenvalue weighted by atomic mass is 10.3. The second-order valence-electron chi connectivity index (χ2n) is 6.63. The largest absolute Gasteiger partial charge is 0.488 e. The number of hydrogen-bond donors (Lipinski definition) is 0. The third kappa shape index (κ3) is 4.46. The molecule has 4 heterocycles. The molecule has 1 fully saturated rings. The number of alkyl halides is 3. The number of nitrogens with zero attached hydrogens (tertiary/aromatic N) is 7. The first-order chi connectivity index (χ1) is 16.0. The summed E-state index contributed by atoms with van der Waals surface area (Å²) in [5.74, 6) is -1.41. The number of morpholine rings is 1. The molecular weight excluding hydrogens is 530 g/mol. The Hall–Kier alpha value is -2.79. The molecule has 1 saturated heterocycles. The molecule has 3 aromatic rings. The SMILES string of the molecule is O=C(c1nnc(-c2ncc(Cl)cc2S(=O)(=O)N(Cl)C(F)(F)F)n1-c1ccon1)N1CCOCC1. The standard InChI is InChI=1S/C16H12Cl2F3N7O5S/c17-9-7-10(34(30,31)28(18)16(19,20)21)12(22-8-9)13-23-24-14(27(13)11-1-4-33-25-11)15(29)26-2-5-32-6-3-26/h1,4,7-8H,2-3,5-6H2. The summed E-state index contributed by atoms with van der Waals surface area (Å²) in [6.45, 7) is 1.04. The molecule has 0 aliphatic carbocycles. The van der Waals surface area contributed by atoms with E-state index in [1.54, 1.807) is 0 Å². The number of amides is 1. The van der Waals surface area contributed by atoms with E-state index in [4.69, 9.17) is 32.6 Å². The molecule has 3 aromatic heterocycles. The first kappa shape index (κ1) is 24.3. The van der Waals surface area contributed by atoms with Crippen LogP contribution in [0.1, 0.15) is 10.6 Å². The maximum Gasteiger partial charge on any atom is 0.488 e. The fourth-order valence-corrected chi connectivity index (χ4v) is 4.59. The van der Waals surface area contributed by atoms with Gasteiger partial charge in [-0.05, 0) is 9.89 Å². The zero-order chi connectivity index (χ0) is 24.7. The van der Waals surface area contributed by atoms with Crippen LogP contribution < -0.4 is 0 Å². The summed E-state index contributed by atoms with van der Waals surface area (Å²) in [4.78, 5) is 17.3. The number of aromatic nitrogens is 5. The van der Waals surface area contributed by atoms with Crippen LogP contribution in [0, 0.1) is 0 Å². The van der Waals surface area contributed by atoms with Gasteiger partial charge in [-0.15, -0.1) is 10.2 Å². The molecule has 1 aliphatic heterocycles. The Morgan fingerprint density at radius 3 is 2.53 bits per heavy atom. The van der Waals surface area contributed by atoms with Crippen LogP contribution in [0.2, 0.25) is 5.02 Å². The van der Waals surface area contributed by atoms with Gasteiger partial charge in [0.15, 0.2) is 11.6 Å². The lowest BCUT2D eigenvalue weighted by molar-refractivity contribution is -0.181. The van der Waals surface area contributed by atoms with Crippen LogP contribution in [0.4, 0.5) is 13.2 Å². The van der Waals surface area contributed by atoms with Crippen LogP contribution in [-0.2, 0) is 14.8 Å². The highest BCUT2D eigenvalue weighted by atomic mass is 35.5. The van der Waals surface area contributed by atoms with Crippen molar-refractivity contribution in [2.75, 3.05) is 26.3 Å². The van der Waals surface area contributed by atoms with Crippen molar-refractivity contribution < 1.29 is 35.6 Å². The van der Waals surface area contributed by atoms with E-state index in [1.807, 2.05) is 0 Å². The highest BCUT2D eigenvalue weighted by Gasteiger charge is 2.47. The Kier molecular flexibility index (Phi) is 6.52. The Balaban J connectivity index is 1.91. The lowest BCUT2D eigenvalue weighted by Gasteiger charge is -2.26. The Morgan fingerprint density at radius 1 is 1.21 bits per heavy atom. The number of ether oxygens (including phenoxy) is 1. The minimum absolute atomic E-state index is 0.0599. The summed E-state index contributed by atoms with van der Waals surface area (Å²) in [5.41, 5.74) is -0.615. The van der Waals surface area contributed by atoms with Gasteiger partial charge in [0, 0.05) is 37.1 Å². The minimum Gasteiger partial charge on any atom is -0.378 e. The van der Waals surface area contributed by atoms with Crippen molar-refractivity contribution >= 4 is 39.3 Å². The molecule has 0 saturated carbocycles. The van der Waals surface area contributed by atoms with Crippen LogP contribution in [0.25, 0.3) is 17.3 Å². The molecule has 0 spiro atoms. The molecular formula is C16H12Cl2F3N7O5S. The molecule has 34 heavy (non-hydrogen) atoms. The number of pyridine rings is 1. The first-order valence-corrected chi connectivity index (χ1v) is 11.3. The molecule has 182 valence electrons. The van der Waals surface area contributed by atoms with E-state index >= 15 is 0 Å². The molecule has 12 nitrogen and oxygen atoms in total. The average Bonchev–Trinajstić information content (AvgIpc) is 3.47. The van der Waals surface area contributed by atoms with Gasteiger partial charge >= 0.3 is 6.30 Å². The maximum absolute atomic E-state index is 13.1. The van der Waals surface area contributed by atoms with E-state index in [0.717, 1.165) is 17.0 Å². The van der Waals surface area contributed by atoms with Crippen molar-refractivity contribution in [1.82, 2.24) is 33.6 Å². The maximum atomic E-state index is 13.1. The van der Waals surface area contributed by atoms with Gasteiger partial charge < -0.3 is 14.2 Å². The molecule has 0 bridgehead atoms. The van der Waals surface area contributed by atoms with Crippen LogP contribution in [0.3, 0.4) is 0 Å². The van der Waals surface area contributed by atoms with Gasteiger partial charge in [-0.25, -0.2) is 18.0 Å². The summed E-state index contributed by atoms with van der Waals surface area (Å²) in [6.07, 6.45) is -3.33. The van der Waals surface area contributed by atoms with Gasteiger partial charge in [-0.3, -0.25) is 4.79 Å². The second kappa shape index (κ2) is 9.10. The van der Waals surface area contributed by atoms with E-state index in [-0.39, 0.29) is 43.0 Å². The average molecular weight is 542 g/mol. The van der Waals surface area contributed by atoms with Gasteiger partial charge in [0.25, 0.3) is 15.9 Å². The van der Waals surface area contributed by atoms with E-state index in [9.17, 15) is 26.4 Å². The van der Waals surface area contributed by atoms with Gasteiger partial charge in [0.1, 0.15) is 16.9 Å². The van der Waals surface area contributed by atoms with E-state index < -0.39 is 42.5 Å². The van der Waals surface area contributed by atoms with Crippen LogP contribution in [-0.4, -0.2) is 80.6 Å². The number of hydrogen-bond acceptors (Lipinski definition) is 9. The third-order valence-corrected chi connectivity index (χ3v) is 6.96. The Bertz CT molecular complexity index is 1310. The minimum atomic E-state index is -5.46. The normalized spacial score (nSPS) is 15.2. The topological polar surface area (TPSA) is 137 Å². The lowest BCUT2D eigenvalue weighted by Crippen LogP contribution is -2.41. The van der Waals surface area contributed by atoms with E-state index in [1.165, 1.54) is 11.0 Å². The number of sulfonamides is 1. The van der Waals surface area contributed by atoms with Gasteiger partial charge in [-0.1, -0.05) is 16.8 Å². The molecule has 0 radical (unpaired) electrons. The van der Waals surface area contributed by atoms with Gasteiger partial charge in [0.05, 0.1) is 18.2 Å². The second-order valence-corrected chi connectivity index (χ2v) is 9.36. The zero-order valence-corrected chi connectivity index (χ0v) is 18.9. The smallest absolute Gasteiger partial charge is 0.378 e. The van der Waals surface area contributed by atoms with Crippen molar-refractivity contribution in [3.8, 4) is 17.3 Å². The summed E-state index contributed by atoms with van der Waals surface area (Å²) < 4.78 is 74.5. The molecule has 0 aromatic carbocycles. The van der Waals surface area contributed by atoms with Crippen molar-refractivity contribution in [2.24, 2.45) is 0 Å². The summed E-state index contributed by atoms with van der Waals surface area (Å²) >= 11 is 10.9. The fraction of sp³-hybridized carbons (Fsp3) is 0.312. The number of carbonyl (C=O) groups is 1. The predicted molar refractivity (Wildman–Crippen MR) is 107 cm³/mol. The van der Waals surface area contributed by atoms with Crippen LogP contribution >= 0.6 is 23.4 Å². The number of carbonyl (C=O) groups excluding carboxylic acids is 1. The molecule has 1 amide bonds. The van der Waals surface area contributed by atoms with Crippen molar-refractivity contribution in [3.05, 3.63) is 35.4 Å².